The summed E-state index contributed by atoms with van der Waals surface area (Å²) in [6.45, 7) is 1.94. The van der Waals surface area contributed by atoms with Crippen LogP contribution >= 0.6 is 12.6 Å². The number of carbonyl (C=O) groups excluding carboxylic acids is 1. The molecular formula is C14H14N2OS. The number of aryl methyl sites for hydroxylation is 1. The van der Waals surface area contributed by atoms with Crippen LogP contribution < -0.4 is 5.32 Å². The van der Waals surface area contributed by atoms with Gasteiger partial charge in [0.05, 0.1) is 18.3 Å². The Bertz CT molecular complexity index is 552. The molecule has 1 N–H and O–H groups in total. The summed E-state index contributed by atoms with van der Waals surface area (Å²) in [5, 5.41) is 2.83. The van der Waals surface area contributed by atoms with Gasteiger partial charge >= 0.3 is 0 Å². The second-order valence-corrected chi connectivity index (χ2v) is 4.66. The van der Waals surface area contributed by atoms with Gasteiger partial charge in [-0.25, -0.2) is 0 Å². The van der Waals surface area contributed by atoms with Crippen molar-refractivity contribution >= 4 is 24.2 Å². The second kappa shape index (κ2) is 5.69. The number of nitrogens with one attached hydrogen (secondary N) is 1. The number of benzene rings is 1. The van der Waals surface area contributed by atoms with Crippen LogP contribution in [0.2, 0.25) is 0 Å². The Kier molecular flexibility index (Phi) is 3.99. The molecule has 18 heavy (non-hydrogen) atoms. The van der Waals surface area contributed by atoms with Gasteiger partial charge in [-0.1, -0.05) is 12.1 Å². The Labute approximate surface area is 112 Å². The van der Waals surface area contributed by atoms with Crippen molar-refractivity contribution < 1.29 is 4.79 Å². The molecule has 0 spiro atoms. The van der Waals surface area contributed by atoms with Crippen molar-refractivity contribution in [2.75, 3.05) is 5.32 Å². The highest BCUT2D eigenvalue weighted by Gasteiger charge is 2.04. The summed E-state index contributed by atoms with van der Waals surface area (Å²) in [5.74, 6) is -0.0469. The van der Waals surface area contributed by atoms with E-state index >= 15 is 0 Å². The monoisotopic (exact) mass is 258 g/mol. The van der Waals surface area contributed by atoms with Gasteiger partial charge in [0.25, 0.3) is 0 Å². The molecule has 0 aliphatic rings. The number of hydrogen-bond acceptors (Lipinski definition) is 3. The van der Waals surface area contributed by atoms with E-state index in [1.165, 1.54) is 0 Å². The molecule has 0 bridgehead atoms. The SMILES string of the molecule is Cc1cncc(NC(=O)Cc2ccc(S)cc2)c1. The summed E-state index contributed by atoms with van der Waals surface area (Å²) in [5.41, 5.74) is 2.71. The number of rotatable bonds is 3. The van der Waals surface area contributed by atoms with Crippen LogP contribution in [0.25, 0.3) is 0 Å². The van der Waals surface area contributed by atoms with Gasteiger partial charge in [-0.2, -0.15) is 0 Å². The van der Waals surface area contributed by atoms with Crippen LogP contribution in [-0.2, 0) is 11.2 Å². The molecule has 2 rings (SSSR count). The van der Waals surface area contributed by atoms with Crippen molar-refractivity contribution in [2.24, 2.45) is 0 Å². The topological polar surface area (TPSA) is 42.0 Å². The van der Waals surface area contributed by atoms with Crippen LogP contribution in [0, 0.1) is 6.92 Å². The summed E-state index contributed by atoms with van der Waals surface area (Å²) >= 11 is 4.20. The van der Waals surface area contributed by atoms with Crippen molar-refractivity contribution in [3.05, 3.63) is 53.9 Å². The van der Waals surface area contributed by atoms with E-state index in [1.807, 2.05) is 37.3 Å². The zero-order valence-electron chi connectivity index (χ0n) is 10.1. The van der Waals surface area contributed by atoms with E-state index in [9.17, 15) is 4.79 Å². The smallest absolute Gasteiger partial charge is 0.228 e. The predicted octanol–water partition coefficient (Wildman–Crippen LogP) is 2.86. The number of pyridine rings is 1. The van der Waals surface area contributed by atoms with Crippen molar-refractivity contribution in [3.8, 4) is 0 Å². The number of nitrogens with zero attached hydrogens (tertiary/aromatic N) is 1. The molecule has 0 aliphatic heterocycles. The van der Waals surface area contributed by atoms with E-state index in [0.717, 1.165) is 21.7 Å². The Morgan fingerprint density at radius 1 is 1.28 bits per heavy atom. The van der Waals surface area contributed by atoms with Crippen LogP contribution in [0.15, 0.2) is 47.6 Å². The fraction of sp³-hybridized carbons (Fsp3) is 0.143. The Hall–Kier alpha value is -1.81. The van der Waals surface area contributed by atoms with Gasteiger partial charge in [-0.3, -0.25) is 9.78 Å². The lowest BCUT2D eigenvalue weighted by Crippen LogP contribution is -2.14. The van der Waals surface area contributed by atoms with Gasteiger partial charge in [0.15, 0.2) is 0 Å². The Morgan fingerprint density at radius 3 is 2.67 bits per heavy atom. The summed E-state index contributed by atoms with van der Waals surface area (Å²) < 4.78 is 0. The van der Waals surface area contributed by atoms with Gasteiger partial charge in [-0.05, 0) is 36.2 Å². The number of amides is 1. The van der Waals surface area contributed by atoms with E-state index in [4.69, 9.17) is 0 Å². The minimum absolute atomic E-state index is 0.0469. The van der Waals surface area contributed by atoms with Crippen LogP contribution in [0.4, 0.5) is 5.69 Å². The first kappa shape index (κ1) is 12.6. The molecule has 4 heteroatoms. The molecule has 0 atom stereocenters. The number of thiol groups is 1. The van der Waals surface area contributed by atoms with Gasteiger partial charge in [0.2, 0.25) is 5.91 Å². The molecule has 0 aliphatic carbocycles. The van der Waals surface area contributed by atoms with Gasteiger partial charge in [0.1, 0.15) is 0 Å². The van der Waals surface area contributed by atoms with Crippen molar-refractivity contribution in [1.82, 2.24) is 4.98 Å². The van der Waals surface area contributed by atoms with Crippen LogP contribution in [0.1, 0.15) is 11.1 Å². The van der Waals surface area contributed by atoms with Crippen LogP contribution in [0.5, 0.6) is 0 Å². The third-order valence-electron chi connectivity index (χ3n) is 2.46. The van der Waals surface area contributed by atoms with E-state index in [0.29, 0.717) is 6.42 Å². The largest absolute Gasteiger partial charge is 0.324 e. The third-order valence-corrected chi connectivity index (χ3v) is 2.76. The van der Waals surface area contributed by atoms with Gasteiger partial charge in [0, 0.05) is 11.1 Å². The molecule has 0 saturated carbocycles. The molecular weight excluding hydrogens is 244 g/mol. The lowest BCUT2D eigenvalue weighted by Gasteiger charge is -2.05. The maximum absolute atomic E-state index is 11.8. The summed E-state index contributed by atoms with van der Waals surface area (Å²) in [6.07, 6.45) is 3.74. The number of anilines is 1. The van der Waals surface area contributed by atoms with Gasteiger partial charge < -0.3 is 5.32 Å². The average Bonchev–Trinajstić information content (AvgIpc) is 2.32. The Morgan fingerprint density at radius 2 is 2.00 bits per heavy atom. The lowest BCUT2D eigenvalue weighted by atomic mass is 10.1. The quantitative estimate of drug-likeness (QED) is 0.831. The maximum Gasteiger partial charge on any atom is 0.228 e. The lowest BCUT2D eigenvalue weighted by molar-refractivity contribution is -0.115. The van der Waals surface area contributed by atoms with E-state index < -0.39 is 0 Å². The summed E-state index contributed by atoms with van der Waals surface area (Å²) in [4.78, 5) is 16.7. The standard InChI is InChI=1S/C14H14N2OS/c1-10-6-12(9-15-8-10)16-14(17)7-11-2-4-13(18)5-3-11/h2-6,8-9,18H,7H2,1H3,(H,16,17). The normalized spacial score (nSPS) is 10.1. The summed E-state index contributed by atoms with van der Waals surface area (Å²) in [7, 11) is 0. The van der Waals surface area contributed by atoms with Gasteiger partial charge in [-0.15, -0.1) is 12.6 Å². The van der Waals surface area contributed by atoms with E-state index in [-0.39, 0.29) is 5.91 Å². The minimum Gasteiger partial charge on any atom is -0.324 e. The zero-order valence-corrected chi connectivity index (χ0v) is 10.9. The van der Waals surface area contributed by atoms with Crippen molar-refractivity contribution in [3.63, 3.8) is 0 Å². The highest BCUT2D eigenvalue weighted by Crippen LogP contribution is 2.10. The average molecular weight is 258 g/mol. The molecule has 0 fully saturated rings. The number of hydrogen-bond donors (Lipinski definition) is 2. The molecule has 1 amide bonds. The van der Waals surface area contributed by atoms with E-state index in [2.05, 4.69) is 22.9 Å². The Balaban J connectivity index is 1.98. The fourth-order valence-electron chi connectivity index (χ4n) is 1.63. The molecule has 0 unspecified atom stereocenters. The molecule has 0 saturated heterocycles. The molecule has 1 heterocycles. The number of carbonyl (C=O) groups is 1. The fourth-order valence-corrected chi connectivity index (χ4v) is 1.78. The predicted molar refractivity (Wildman–Crippen MR) is 75.0 cm³/mol. The van der Waals surface area contributed by atoms with E-state index in [1.54, 1.807) is 12.4 Å². The minimum atomic E-state index is -0.0469. The van der Waals surface area contributed by atoms with Crippen molar-refractivity contribution in [2.45, 2.75) is 18.2 Å². The van der Waals surface area contributed by atoms with Crippen LogP contribution in [0.3, 0.4) is 0 Å². The highest BCUT2D eigenvalue weighted by atomic mass is 32.1. The first-order valence-electron chi connectivity index (χ1n) is 5.63. The summed E-state index contributed by atoms with van der Waals surface area (Å²) in [6, 6.07) is 9.44. The maximum atomic E-state index is 11.8. The zero-order chi connectivity index (χ0) is 13.0. The molecule has 1 aromatic carbocycles. The first-order valence-corrected chi connectivity index (χ1v) is 6.07. The first-order chi connectivity index (χ1) is 8.63. The highest BCUT2D eigenvalue weighted by molar-refractivity contribution is 7.80. The van der Waals surface area contributed by atoms with Crippen LogP contribution in [-0.4, -0.2) is 10.9 Å². The molecule has 3 nitrogen and oxygen atoms in total. The molecule has 1 aromatic heterocycles. The third kappa shape index (κ3) is 3.60. The molecule has 2 aromatic rings. The van der Waals surface area contributed by atoms with Crippen molar-refractivity contribution in [1.29, 1.82) is 0 Å². The molecule has 0 radical (unpaired) electrons. The second-order valence-electron chi connectivity index (χ2n) is 4.14. The molecule has 92 valence electrons. The number of aromatic nitrogens is 1.